The van der Waals surface area contributed by atoms with Crippen molar-refractivity contribution in [1.82, 2.24) is 30.6 Å². The van der Waals surface area contributed by atoms with Crippen LogP contribution in [0, 0.1) is 10.1 Å². The number of hydrogen-bond acceptors (Lipinski definition) is 7. The van der Waals surface area contributed by atoms with Gasteiger partial charge in [-0.3, -0.25) is 4.79 Å². The van der Waals surface area contributed by atoms with Crippen LogP contribution in [0.5, 0.6) is 0 Å². The number of nitrogens with zero attached hydrogens (tertiary/aromatic N) is 6. The second-order valence-electron chi connectivity index (χ2n) is 5.62. The molecule has 1 aromatic carbocycles. The van der Waals surface area contributed by atoms with E-state index in [2.05, 4.69) is 30.9 Å². The van der Waals surface area contributed by atoms with Gasteiger partial charge in [0.25, 0.3) is 0 Å². The number of benzene rings is 1. The molecule has 0 aliphatic heterocycles. The second-order valence-corrected chi connectivity index (χ2v) is 5.62. The van der Waals surface area contributed by atoms with Gasteiger partial charge in [-0.1, -0.05) is 23.0 Å². The number of fused-ring (bicyclic) bond motifs is 1. The number of aryl methyl sites for hydroxylation is 1. The zero-order valence-corrected chi connectivity index (χ0v) is 13.9. The van der Waals surface area contributed by atoms with E-state index < -0.39 is 10.9 Å². The summed E-state index contributed by atoms with van der Waals surface area (Å²) >= 11 is 0. The van der Waals surface area contributed by atoms with Crippen LogP contribution in [0.4, 0.5) is 5.95 Å². The molecule has 0 aliphatic carbocycles. The van der Waals surface area contributed by atoms with E-state index in [1.807, 2.05) is 30.5 Å². The average Bonchev–Trinajstić information content (AvgIpc) is 3.25. The maximum atomic E-state index is 12.0. The van der Waals surface area contributed by atoms with Gasteiger partial charge in [0.1, 0.15) is 6.54 Å². The summed E-state index contributed by atoms with van der Waals surface area (Å²) in [6, 6.07) is 7.89. The van der Waals surface area contributed by atoms with Gasteiger partial charge in [-0.05, 0) is 29.9 Å². The summed E-state index contributed by atoms with van der Waals surface area (Å²) in [4.78, 5) is 25.9. The molecule has 0 aliphatic rings. The molecule has 0 fully saturated rings. The number of tetrazole rings is 1. The minimum Gasteiger partial charge on any atom is -0.390 e. The molecule has 26 heavy (non-hydrogen) atoms. The van der Waals surface area contributed by atoms with E-state index in [1.165, 1.54) is 0 Å². The lowest BCUT2D eigenvalue weighted by molar-refractivity contribution is -0.394. The summed E-state index contributed by atoms with van der Waals surface area (Å²) in [5.41, 5.74) is 5.04. The number of aromatic amines is 1. The molecule has 0 unspecified atom stereocenters. The molecule has 0 saturated heterocycles. The molecule has 0 spiro atoms. The molecule has 1 amide bonds. The largest absolute Gasteiger partial charge is 0.514 e. The second kappa shape index (κ2) is 7.51. The number of nitrogens with one attached hydrogen (secondary N) is 2. The number of para-hydroxylation sites is 1. The Morgan fingerprint density at radius 3 is 3.00 bits per heavy atom. The molecular weight excluding hydrogens is 340 g/mol. The van der Waals surface area contributed by atoms with Crippen molar-refractivity contribution in [3.63, 3.8) is 0 Å². The summed E-state index contributed by atoms with van der Waals surface area (Å²) in [5.74, 6) is -0.812. The highest BCUT2D eigenvalue weighted by molar-refractivity contribution is 5.85. The van der Waals surface area contributed by atoms with Gasteiger partial charge in [0.05, 0.1) is 15.9 Å². The maximum absolute atomic E-state index is 12.0. The lowest BCUT2D eigenvalue weighted by Crippen LogP contribution is -2.21. The predicted octanol–water partition coefficient (Wildman–Crippen LogP) is 1.19. The number of carbonyl (C=O) groups is 1. The van der Waals surface area contributed by atoms with E-state index in [4.69, 9.17) is 0 Å². The number of hydrogen-bond donors (Lipinski definition) is 2. The average molecular weight is 356 g/mol. The molecule has 3 rings (SSSR count). The van der Waals surface area contributed by atoms with Crippen LogP contribution < -0.4 is 5.43 Å². The van der Waals surface area contributed by atoms with Crippen LogP contribution in [-0.2, 0) is 17.8 Å². The van der Waals surface area contributed by atoms with Crippen molar-refractivity contribution in [2.45, 2.75) is 26.3 Å². The molecule has 0 bridgehead atoms. The Balaban J connectivity index is 1.51. The topological polar surface area (TPSA) is 144 Å². The van der Waals surface area contributed by atoms with Gasteiger partial charge < -0.3 is 15.1 Å². The highest BCUT2D eigenvalue weighted by Crippen LogP contribution is 2.18. The third-order valence-electron chi connectivity index (χ3n) is 3.64. The Labute approximate surface area is 147 Å². The van der Waals surface area contributed by atoms with Crippen LogP contribution in [0.25, 0.3) is 10.9 Å². The van der Waals surface area contributed by atoms with Crippen molar-refractivity contribution >= 4 is 28.5 Å². The summed E-state index contributed by atoms with van der Waals surface area (Å²) in [6.07, 6.45) is 2.77. The Bertz CT molecular complexity index is 974. The van der Waals surface area contributed by atoms with Crippen molar-refractivity contribution in [3.8, 4) is 0 Å². The third-order valence-corrected chi connectivity index (χ3v) is 3.64. The van der Waals surface area contributed by atoms with Crippen molar-refractivity contribution < 1.29 is 9.72 Å². The molecule has 2 N–H and O–H groups in total. The first-order valence-corrected chi connectivity index (χ1v) is 7.82. The van der Waals surface area contributed by atoms with Gasteiger partial charge in [0, 0.05) is 28.7 Å². The number of nitro groups is 1. The molecule has 2 heterocycles. The fourth-order valence-corrected chi connectivity index (χ4v) is 2.42. The van der Waals surface area contributed by atoms with Crippen LogP contribution in [0.3, 0.4) is 0 Å². The zero-order valence-electron chi connectivity index (χ0n) is 13.9. The first kappa shape index (κ1) is 17.2. The van der Waals surface area contributed by atoms with Gasteiger partial charge in [-0.2, -0.15) is 5.10 Å². The normalized spacial score (nSPS) is 11.7. The first-order chi connectivity index (χ1) is 12.5. The summed E-state index contributed by atoms with van der Waals surface area (Å²) < 4.78 is 0. The van der Waals surface area contributed by atoms with E-state index >= 15 is 0 Å². The Kier molecular flexibility index (Phi) is 4.97. The van der Waals surface area contributed by atoms with Gasteiger partial charge in [0.15, 0.2) is 0 Å². The van der Waals surface area contributed by atoms with E-state index in [9.17, 15) is 14.9 Å². The van der Waals surface area contributed by atoms with Gasteiger partial charge >= 0.3 is 5.95 Å². The smallest absolute Gasteiger partial charge is 0.390 e. The van der Waals surface area contributed by atoms with E-state index in [0.717, 1.165) is 21.3 Å². The summed E-state index contributed by atoms with van der Waals surface area (Å²) in [6.45, 7) is 1.73. The van der Waals surface area contributed by atoms with Gasteiger partial charge in [0.2, 0.25) is 5.91 Å². The number of rotatable bonds is 7. The van der Waals surface area contributed by atoms with Crippen LogP contribution in [0.2, 0.25) is 0 Å². The minimum atomic E-state index is -0.734. The fraction of sp³-hybridized carbons (Fsp3) is 0.267. The monoisotopic (exact) mass is 356 g/mol. The van der Waals surface area contributed by atoms with Crippen molar-refractivity contribution in [1.29, 1.82) is 0 Å². The molecular formula is C15H16N8O3. The zero-order chi connectivity index (χ0) is 18.5. The van der Waals surface area contributed by atoms with E-state index in [0.29, 0.717) is 12.1 Å². The summed E-state index contributed by atoms with van der Waals surface area (Å²) in [7, 11) is 0. The highest BCUT2D eigenvalue weighted by atomic mass is 16.6. The maximum Gasteiger partial charge on any atom is 0.514 e. The van der Waals surface area contributed by atoms with Crippen LogP contribution in [0.15, 0.2) is 35.6 Å². The van der Waals surface area contributed by atoms with Crippen LogP contribution in [0.1, 0.15) is 18.9 Å². The number of carbonyl (C=O) groups excluding carboxylic acids is 1. The molecule has 0 atom stereocenters. The highest BCUT2D eigenvalue weighted by Gasteiger charge is 2.15. The number of H-pyrrole nitrogens is 1. The Hall–Kier alpha value is -3.63. The van der Waals surface area contributed by atoms with Crippen molar-refractivity contribution in [2.24, 2.45) is 5.10 Å². The third kappa shape index (κ3) is 4.06. The number of amides is 1. The van der Waals surface area contributed by atoms with Gasteiger partial charge in [-0.25, -0.2) is 5.43 Å². The molecule has 11 nitrogen and oxygen atoms in total. The van der Waals surface area contributed by atoms with Gasteiger partial charge in [-0.15, -0.1) is 0 Å². The van der Waals surface area contributed by atoms with E-state index in [1.54, 1.807) is 6.92 Å². The molecule has 2 aromatic heterocycles. The molecule has 3 aromatic rings. The molecule has 0 saturated carbocycles. The van der Waals surface area contributed by atoms with Crippen molar-refractivity contribution in [3.05, 3.63) is 46.1 Å². The molecule has 0 radical (unpaired) electrons. The van der Waals surface area contributed by atoms with Crippen molar-refractivity contribution in [2.75, 3.05) is 0 Å². The summed E-state index contributed by atoms with van der Waals surface area (Å²) in [5, 5.41) is 25.9. The quantitative estimate of drug-likeness (QED) is 0.369. The molecule has 11 heteroatoms. The minimum absolute atomic E-state index is 0.0869. The lowest BCUT2D eigenvalue weighted by atomic mass is 10.1. The number of aromatic nitrogens is 5. The fourth-order valence-electron chi connectivity index (χ4n) is 2.42. The predicted molar refractivity (Wildman–Crippen MR) is 92.3 cm³/mol. The lowest BCUT2D eigenvalue weighted by Gasteiger charge is -2.01. The standard InChI is InChI=1S/C15H16N8O3/c1-10(9-22-20-15(19-21-22)23(25)26)17-18-14(24)7-6-11-8-16-13-5-3-2-4-12(11)13/h2-5,8,16H,6-7,9H2,1H3,(H,18,24). The van der Waals surface area contributed by atoms with Crippen LogP contribution >= 0.6 is 0 Å². The van der Waals surface area contributed by atoms with Crippen LogP contribution in [-0.4, -0.2) is 41.7 Å². The first-order valence-electron chi connectivity index (χ1n) is 7.82. The molecule has 134 valence electrons. The SMILES string of the molecule is CC(Cn1nnc([N+](=O)[O-])n1)=NNC(=O)CCc1c[nH]c2ccccc12. The Morgan fingerprint density at radius 2 is 2.23 bits per heavy atom. The number of hydrazone groups is 1. The van der Waals surface area contributed by atoms with E-state index in [-0.39, 0.29) is 18.9 Å². The Morgan fingerprint density at radius 1 is 1.42 bits per heavy atom.